The molecule has 0 bridgehead atoms. The lowest BCUT2D eigenvalue weighted by Crippen LogP contribution is -2.36. The van der Waals surface area contributed by atoms with Crippen molar-refractivity contribution in [2.75, 3.05) is 5.73 Å². The molecule has 1 aliphatic carbocycles. The van der Waals surface area contributed by atoms with Crippen LogP contribution in [0.1, 0.15) is 16.8 Å². The zero-order valence-electron chi connectivity index (χ0n) is 11.2. The monoisotopic (exact) mass is 267 g/mol. The van der Waals surface area contributed by atoms with Gasteiger partial charge in [0.15, 0.2) is 0 Å². The molecule has 1 aromatic heterocycles. The Labute approximate surface area is 118 Å². The van der Waals surface area contributed by atoms with E-state index in [0.29, 0.717) is 12.1 Å². The zero-order chi connectivity index (χ0) is 13.9. The van der Waals surface area contributed by atoms with Crippen LogP contribution in [-0.2, 0) is 24.1 Å². The van der Waals surface area contributed by atoms with Crippen LogP contribution >= 0.6 is 0 Å². The third-order valence-corrected chi connectivity index (χ3v) is 3.61. The summed E-state index contributed by atoms with van der Waals surface area (Å²) < 4.78 is 0. The Kier molecular flexibility index (Phi) is 3.37. The van der Waals surface area contributed by atoms with Crippen LogP contribution in [-0.4, -0.2) is 16.9 Å². The van der Waals surface area contributed by atoms with E-state index in [4.69, 9.17) is 5.73 Å². The van der Waals surface area contributed by atoms with Gasteiger partial charge in [-0.05, 0) is 36.1 Å². The van der Waals surface area contributed by atoms with Gasteiger partial charge in [-0.15, -0.1) is 0 Å². The highest BCUT2D eigenvalue weighted by Crippen LogP contribution is 2.21. The van der Waals surface area contributed by atoms with Crippen LogP contribution in [0.3, 0.4) is 0 Å². The summed E-state index contributed by atoms with van der Waals surface area (Å²) in [6, 6.07) is 12.1. The first kappa shape index (κ1) is 12.7. The first-order valence-electron chi connectivity index (χ1n) is 6.77. The summed E-state index contributed by atoms with van der Waals surface area (Å²) in [5.74, 6) is 0.0140. The highest BCUT2D eigenvalue weighted by Gasteiger charge is 2.22. The Morgan fingerprint density at radius 3 is 2.50 bits per heavy atom. The van der Waals surface area contributed by atoms with E-state index < -0.39 is 0 Å². The number of benzene rings is 1. The average Bonchev–Trinajstić information content (AvgIpc) is 2.83. The minimum Gasteiger partial charge on any atom is -0.397 e. The van der Waals surface area contributed by atoms with E-state index in [0.717, 1.165) is 18.5 Å². The number of nitrogens with two attached hydrogens (primary N) is 1. The van der Waals surface area contributed by atoms with Crippen molar-refractivity contribution in [3.8, 4) is 0 Å². The van der Waals surface area contributed by atoms with E-state index in [1.807, 2.05) is 12.1 Å². The SMILES string of the molecule is Nc1ccc(CC(=O)NC2Cc3ccccc3C2)nc1. The number of carbonyl (C=O) groups excluding carboxylic acids is 1. The number of hydrogen-bond donors (Lipinski definition) is 2. The third-order valence-electron chi connectivity index (χ3n) is 3.61. The van der Waals surface area contributed by atoms with E-state index in [-0.39, 0.29) is 11.9 Å². The number of aromatic nitrogens is 1. The van der Waals surface area contributed by atoms with Gasteiger partial charge < -0.3 is 11.1 Å². The average molecular weight is 267 g/mol. The van der Waals surface area contributed by atoms with Crippen LogP contribution in [0.25, 0.3) is 0 Å². The molecule has 0 aliphatic heterocycles. The molecular weight excluding hydrogens is 250 g/mol. The molecule has 4 heteroatoms. The summed E-state index contributed by atoms with van der Waals surface area (Å²) in [6.45, 7) is 0. The van der Waals surface area contributed by atoms with Gasteiger partial charge in [0.1, 0.15) is 0 Å². The van der Waals surface area contributed by atoms with E-state index in [9.17, 15) is 4.79 Å². The molecule has 1 aliphatic rings. The molecule has 1 aromatic carbocycles. The molecule has 3 N–H and O–H groups in total. The maximum atomic E-state index is 12.0. The highest BCUT2D eigenvalue weighted by molar-refractivity contribution is 5.78. The second-order valence-electron chi connectivity index (χ2n) is 5.20. The largest absolute Gasteiger partial charge is 0.397 e. The standard InChI is InChI=1S/C16H17N3O/c17-13-5-6-14(18-10-13)9-16(20)19-15-7-11-3-1-2-4-12(11)8-15/h1-6,10,15H,7-9,17H2,(H,19,20). The molecule has 0 saturated carbocycles. The van der Waals surface area contributed by atoms with Gasteiger partial charge >= 0.3 is 0 Å². The normalized spacial score (nSPS) is 14.0. The summed E-state index contributed by atoms with van der Waals surface area (Å²) in [6.07, 6.45) is 3.70. The Morgan fingerprint density at radius 2 is 1.90 bits per heavy atom. The molecule has 1 amide bonds. The fourth-order valence-corrected chi connectivity index (χ4v) is 2.64. The van der Waals surface area contributed by atoms with Crippen molar-refractivity contribution < 1.29 is 4.79 Å². The maximum Gasteiger partial charge on any atom is 0.226 e. The number of fused-ring (bicyclic) bond motifs is 1. The Morgan fingerprint density at radius 1 is 1.20 bits per heavy atom. The predicted octanol–water partition coefficient (Wildman–Crippen LogP) is 1.49. The van der Waals surface area contributed by atoms with Crippen molar-refractivity contribution >= 4 is 11.6 Å². The van der Waals surface area contributed by atoms with Crippen LogP contribution in [0.2, 0.25) is 0 Å². The second-order valence-corrected chi connectivity index (χ2v) is 5.20. The van der Waals surface area contributed by atoms with Gasteiger partial charge in [-0.2, -0.15) is 0 Å². The topological polar surface area (TPSA) is 68.0 Å². The van der Waals surface area contributed by atoms with E-state index in [1.54, 1.807) is 18.3 Å². The van der Waals surface area contributed by atoms with Crippen LogP contribution in [0.15, 0.2) is 42.6 Å². The van der Waals surface area contributed by atoms with Gasteiger partial charge in [-0.3, -0.25) is 9.78 Å². The van der Waals surface area contributed by atoms with Gasteiger partial charge in [-0.1, -0.05) is 24.3 Å². The Hall–Kier alpha value is -2.36. The van der Waals surface area contributed by atoms with Gasteiger partial charge in [-0.25, -0.2) is 0 Å². The number of amides is 1. The summed E-state index contributed by atoms with van der Waals surface area (Å²) >= 11 is 0. The molecule has 0 fully saturated rings. The number of nitrogens with one attached hydrogen (secondary N) is 1. The molecule has 0 saturated heterocycles. The van der Waals surface area contributed by atoms with Crippen LogP contribution < -0.4 is 11.1 Å². The Bertz CT molecular complexity index is 597. The van der Waals surface area contributed by atoms with Crippen LogP contribution in [0, 0.1) is 0 Å². The summed E-state index contributed by atoms with van der Waals surface area (Å²) in [5.41, 5.74) is 9.60. The van der Waals surface area contributed by atoms with E-state index >= 15 is 0 Å². The summed E-state index contributed by atoms with van der Waals surface area (Å²) in [4.78, 5) is 16.2. The highest BCUT2D eigenvalue weighted by atomic mass is 16.1. The number of anilines is 1. The number of carbonyl (C=O) groups is 1. The lowest BCUT2D eigenvalue weighted by atomic mass is 10.1. The molecule has 3 rings (SSSR count). The fraction of sp³-hybridized carbons (Fsp3) is 0.250. The third kappa shape index (κ3) is 2.79. The van der Waals surface area contributed by atoms with Gasteiger partial charge in [0.05, 0.1) is 18.3 Å². The van der Waals surface area contributed by atoms with Gasteiger partial charge in [0.2, 0.25) is 5.91 Å². The molecule has 4 nitrogen and oxygen atoms in total. The number of hydrogen-bond acceptors (Lipinski definition) is 3. The Balaban J connectivity index is 1.57. The van der Waals surface area contributed by atoms with Crippen molar-refractivity contribution in [3.63, 3.8) is 0 Å². The second kappa shape index (κ2) is 5.33. The number of pyridine rings is 1. The minimum atomic E-state index is 0.0140. The maximum absolute atomic E-state index is 12.0. The molecule has 0 unspecified atom stereocenters. The summed E-state index contributed by atoms with van der Waals surface area (Å²) in [7, 11) is 0. The fourth-order valence-electron chi connectivity index (χ4n) is 2.64. The van der Waals surface area contributed by atoms with Crippen molar-refractivity contribution in [2.24, 2.45) is 0 Å². The first-order valence-corrected chi connectivity index (χ1v) is 6.77. The lowest BCUT2D eigenvalue weighted by Gasteiger charge is -2.11. The molecule has 0 atom stereocenters. The van der Waals surface area contributed by atoms with E-state index in [2.05, 4.69) is 22.4 Å². The molecule has 1 heterocycles. The molecule has 0 spiro atoms. The van der Waals surface area contributed by atoms with Crippen molar-refractivity contribution in [2.45, 2.75) is 25.3 Å². The molecule has 0 radical (unpaired) electrons. The molecular formula is C16H17N3O. The quantitative estimate of drug-likeness (QED) is 0.885. The molecule has 20 heavy (non-hydrogen) atoms. The summed E-state index contributed by atoms with van der Waals surface area (Å²) in [5, 5.41) is 3.08. The zero-order valence-corrected chi connectivity index (χ0v) is 11.2. The van der Waals surface area contributed by atoms with Crippen LogP contribution in [0.5, 0.6) is 0 Å². The van der Waals surface area contributed by atoms with Crippen molar-refractivity contribution in [1.29, 1.82) is 0 Å². The molecule has 2 aromatic rings. The lowest BCUT2D eigenvalue weighted by molar-refractivity contribution is -0.121. The number of rotatable bonds is 3. The number of nitrogen functional groups attached to an aromatic ring is 1. The van der Waals surface area contributed by atoms with E-state index in [1.165, 1.54) is 11.1 Å². The predicted molar refractivity (Wildman–Crippen MR) is 78.1 cm³/mol. The smallest absolute Gasteiger partial charge is 0.226 e. The van der Waals surface area contributed by atoms with Crippen molar-refractivity contribution in [3.05, 3.63) is 59.4 Å². The van der Waals surface area contributed by atoms with Gasteiger partial charge in [0, 0.05) is 11.7 Å². The van der Waals surface area contributed by atoms with Crippen LogP contribution in [0.4, 0.5) is 5.69 Å². The minimum absolute atomic E-state index is 0.0140. The number of nitrogens with zero attached hydrogens (tertiary/aromatic N) is 1. The molecule has 102 valence electrons. The first-order chi connectivity index (χ1) is 9.70. The van der Waals surface area contributed by atoms with Crippen molar-refractivity contribution in [1.82, 2.24) is 10.3 Å². The van der Waals surface area contributed by atoms with Gasteiger partial charge in [0.25, 0.3) is 0 Å².